The van der Waals surface area contributed by atoms with Gasteiger partial charge in [0.25, 0.3) is 5.56 Å². The van der Waals surface area contributed by atoms with Gasteiger partial charge in [0.2, 0.25) is 0 Å². The minimum atomic E-state index is -1.08. The van der Waals surface area contributed by atoms with Crippen molar-refractivity contribution in [2.24, 2.45) is 0 Å². The molecule has 15 heavy (non-hydrogen) atoms. The van der Waals surface area contributed by atoms with Gasteiger partial charge in [-0.05, 0) is 0 Å². The van der Waals surface area contributed by atoms with Crippen molar-refractivity contribution in [3.8, 4) is 5.82 Å². The topological polar surface area (TPSA) is 101 Å². The molecular weight excluding hydrogens is 200 g/mol. The summed E-state index contributed by atoms with van der Waals surface area (Å²) in [6.07, 6.45) is 3.69. The van der Waals surface area contributed by atoms with Crippen LogP contribution in [-0.2, 0) is 0 Å². The Morgan fingerprint density at radius 3 is 2.93 bits per heavy atom. The maximum Gasteiger partial charge on any atom is 0.338 e. The number of hydrogen-bond donors (Lipinski definition) is 2. The fraction of sp³-hybridized carbons (Fsp3) is 0. The van der Waals surface area contributed by atoms with Crippen LogP contribution in [0.2, 0.25) is 0 Å². The largest absolute Gasteiger partial charge is 0.478 e. The molecule has 2 aromatic rings. The van der Waals surface area contributed by atoms with Crippen LogP contribution in [0.3, 0.4) is 0 Å². The van der Waals surface area contributed by atoms with Gasteiger partial charge in [-0.15, -0.1) is 0 Å². The zero-order chi connectivity index (χ0) is 10.8. The van der Waals surface area contributed by atoms with Crippen LogP contribution in [0.4, 0.5) is 0 Å². The minimum absolute atomic E-state index is 0.0390. The lowest BCUT2D eigenvalue weighted by molar-refractivity contribution is 0.0697. The summed E-state index contributed by atoms with van der Waals surface area (Å²) in [5.74, 6) is -0.808. The third-order valence-corrected chi connectivity index (χ3v) is 1.73. The highest BCUT2D eigenvalue weighted by atomic mass is 16.4. The lowest BCUT2D eigenvalue weighted by Gasteiger charge is -1.96. The number of aromatic carboxylic acids is 1. The number of carbonyl (C=O) groups is 1. The maximum absolute atomic E-state index is 11.0. The molecule has 7 heteroatoms. The summed E-state index contributed by atoms with van der Waals surface area (Å²) in [7, 11) is 0. The second-order valence-electron chi connectivity index (χ2n) is 2.75. The van der Waals surface area contributed by atoms with E-state index >= 15 is 0 Å². The molecule has 0 aliphatic heterocycles. The maximum atomic E-state index is 11.0. The minimum Gasteiger partial charge on any atom is -0.478 e. The van der Waals surface area contributed by atoms with Crippen LogP contribution in [0.1, 0.15) is 10.4 Å². The van der Waals surface area contributed by atoms with E-state index in [1.807, 2.05) is 0 Å². The van der Waals surface area contributed by atoms with Crippen molar-refractivity contribution in [1.82, 2.24) is 19.7 Å². The molecule has 0 aliphatic rings. The Morgan fingerprint density at radius 1 is 1.53 bits per heavy atom. The van der Waals surface area contributed by atoms with Crippen molar-refractivity contribution in [2.75, 3.05) is 0 Å². The van der Waals surface area contributed by atoms with Gasteiger partial charge in [-0.3, -0.25) is 4.79 Å². The van der Waals surface area contributed by atoms with Gasteiger partial charge in [-0.1, -0.05) is 0 Å². The van der Waals surface area contributed by atoms with Gasteiger partial charge >= 0.3 is 5.97 Å². The summed E-state index contributed by atoms with van der Waals surface area (Å²) in [6.45, 7) is 0. The van der Waals surface area contributed by atoms with Crippen LogP contribution in [0.5, 0.6) is 0 Å². The van der Waals surface area contributed by atoms with E-state index in [0.29, 0.717) is 0 Å². The van der Waals surface area contributed by atoms with Crippen molar-refractivity contribution in [2.45, 2.75) is 0 Å². The van der Waals surface area contributed by atoms with Crippen LogP contribution in [0, 0.1) is 0 Å². The molecule has 7 nitrogen and oxygen atoms in total. The summed E-state index contributed by atoms with van der Waals surface area (Å²) < 4.78 is 1.22. The number of nitrogens with zero attached hydrogens (tertiary/aromatic N) is 3. The smallest absolute Gasteiger partial charge is 0.338 e. The number of aromatic amines is 1. The highest BCUT2D eigenvalue weighted by Gasteiger charge is 2.07. The number of H-pyrrole nitrogens is 1. The summed E-state index contributed by atoms with van der Waals surface area (Å²) in [5.41, 5.74) is -0.288. The molecule has 0 amide bonds. The van der Waals surface area contributed by atoms with E-state index in [4.69, 9.17) is 5.11 Å². The summed E-state index contributed by atoms with van der Waals surface area (Å²) in [5, 5.41) is 12.4. The first-order chi connectivity index (χ1) is 7.16. The molecule has 0 fully saturated rings. The predicted molar refractivity (Wildman–Crippen MR) is 48.9 cm³/mol. The van der Waals surface area contributed by atoms with Gasteiger partial charge in [0.05, 0.1) is 18.1 Å². The quantitative estimate of drug-likeness (QED) is 0.699. The lowest BCUT2D eigenvalue weighted by Crippen LogP contribution is -2.08. The molecule has 0 saturated heterocycles. The molecule has 0 aromatic carbocycles. The standard InChI is InChI=1S/C8H6N4O3/c13-7-1-6(9-4-10-7)12-3-5(2-11-12)8(14)15/h1-4H,(H,14,15)(H,9,10,13). The van der Waals surface area contributed by atoms with Crippen LogP contribution >= 0.6 is 0 Å². The van der Waals surface area contributed by atoms with E-state index in [-0.39, 0.29) is 16.9 Å². The highest BCUT2D eigenvalue weighted by Crippen LogP contribution is 2.02. The third kappa shape index (κ3) is 1.75. The van der Waals surface area contributed by atoms with Crippen LogP contribution in [0.15, 0.2) is 29.6 Å². The Bertz CT molecular complexity index is 557. The molecule has 2 heterocycles. The van der Waals surface area contributed by atoms with Gasteiger partial charge in [0, 0.05) is 12.3 Å². The first kappa shape index (κ1) is 9.13. The second kappa shape index (κ2) is 3.37. The number of nitrogens with one attached hydrogen (secondary N) is 1. The van der Waals surface area contributed by atoms with Crippen LogP contribution in [-0.4, -0.2) is 30.8 Å². The van der Waals surface area contributed by atoms with Gasteiger partial charge in [-0.25, -0.2) is 14.5 Å². The van der Waals surface area contributed by atoms with Crippen molar-refractivity contribution >= 4 is 5.97 Å². The Balaban J connectivity index is 2.46. The van der Waals surface area contributed by atoms with Crippen LogP contribution in [0.25, 0.3) is 5.82 Å². The van der Waals surface area contributed by atoms with E-state index < -0.39 is 5.97 Å². The average Bonchev–Trinajstić information content (AvgIpc) is 2.66. The molecule has 0 aliphatic carbocycles. The normalized spacial score (nSPS) is 10.1. The highest BCUT2D eigenvalue weighted by molar-refractivity contribution is 5.86. The van der Waals surface area contributed by atoms with E-state index in [0.717, 1.165) is 0 Å². The van der Waals surface area contributed by atoms with Gasteiger partial charge in [-0.2, -0.15) is 5.10 Å². The molecule has 0 unspecified atom stereocenters. The molecule has 76 valence electrons. The van der Waals surface area contributed by atoms with Gasteiger partial charge in [0.15, 0.2) is 5.82 Å². The molecule has 2 N–H and O–H groups in total. The molecule has 2 rings (SSSR count). The molecule has 0 saturated carbocycles. The molecule has 2 aromatic heterocycles. The summed E-state index contributed by atoms with van der Waals surface area (Å²) in [6, 6.07) is 1.22. The predicted octanol–water partition coefficient (Wildman–Crippen LogP) is -0.346. The van der Waals surface area contributed by atoms with Crippen LogP contribution < -0.4 is 5.56 Å². The van der Waals surface area contributed by atoms with Crippen molar-refractivity contribution in [3.63, 3.8) is 0 Å². The zero-order valence-corrected chi connectivity index (χ0v) is 7.41. The fourth-order valence-corrected chi connectivity index (χ4v) is 1.04. The summed E-state index contributed by atoms with van der Waals surface area (Å²) in [4.78, 5) is 27.7. The monoisotopic (exact) mass is 206 g/mol. The van der Waals surface area contributed by atoms with E-state index in [9.17, 15) is 9.59 Å². The second-order valence-corrected chi connectivity index (χ2v) is 2.75. The fourth-order valence-electron chi connectivity index (χ4n) is 1.04. The Kier molecular flexibility index (Phi) is 2.05. The number of aromatic nitrogens is 4. The number of carboxylic acids is 1. The number of carboxylic acid groups (broad SMARTS) is 1. The van der Waals surface area contributed by atoms with Gasteiger partial charge < -0.3 is 10.1 Å². The molecule has 0 bridgehead atoms. The van der Waals surface area contributed by atoms with Gasteiger partial charge in [0.1, 0.15) is 0 Å². The molecule has 0 radical (unpaired) electrons. The first-order valence-corrected chi connectivity index (χ1v) is 4.00. The van der Waals surface area contributed by atoms with Crippen molar-refractivity contribution in [1.29, 1.82) is 0 Å². The average molecular weight is 206 g/mol. The SMILES string of the molecule is O=C(O)c1cnn(-c2cc(=O)[nH]cn2)c1. The first-order valence-electron chi connectivity index (χ1n) is 4.00. The van der Waals surface area contributed by atoms with E-state index in [1.54, 1.807) is 0 Å². The summed E-state index contributed by atoms with van der Waals surface area (Å²) >= 11 is 0. The van der Waals surface area contributed by atoms with E-state index in [1.165, 1.54) is 29.5 Å². The Labute approximate surface area is 83.0 Å². The third-order valence-electron chi connectivity index (χ3n) is 1.73. The zero-order valence-electron chi connectivity index (χ0n) is 7.41. The Hall–Kier alpha value is -2.44. The van der Waals surface area contributed by atoms with E-state index in [2.05, 4.69) is 15.1 Å². The molecular formula is C8H6N4O3. The number of rotatable bonds is 2. The lowest BCUT2D eigenvalue weighted by atomic mass is 10.4. The molecule has 0 spiro atoms. The Morgan fingerprint density at radius 2 is 2.33 bits per heavy atom. The molecule has 0 atom stereocenters. The number of hydrogen-bond acceptors (Lipinski definition) is 4. The van der Waals surface area contributed by atoms with Crippen molar-refractivity contribution < 1.29 is 9.90 Å². The van der Waals surface area contributed by atoms with Crippen molar-refractivity contribution in [3.05, 3.63) is 40.7 Å².